The van der Waals surface area contributed by atoms with Crippen LogP contribution in [0.3, 0.4) is 0 Å². The van der Waals surface area contributed by atoms with Crippen molar-refractivity contribution in [2.24, 2.45) is 5.92 Å². The van der Waals surface area contributed by atoms with Gasteiger partial charge in [0.25, 0.3) is 0 Å². The molecule has 0 saturated carbocycles. The first-order chi connectivity index (χ1) is 13.2. The van der Waals surface area contributed by atoms with E-state index in [0.717, 1.165) is 56.9 Å². The Morgan fingerprint density at radius 2 is 1.89 bits per heavy atom. The van der Waals surface area contributed by atoms with Gasteiger partial charge in [0.05, 0.1) is 6.10 Å². The normalized spacial score (nSPS) is 19.7. The molecule has 4 rings (SSSR count). The molecule has 1 fully saturated rings. The van der Waals surface area contributed by atoms with Gasteiger partial charge in [0.15, 0.2) is 0 Å². The highest BCUT2D eigenvalue weighted by molar-refractivity contribution is 7.10. The third-order valence-electron chi connectivity index (χ3n) is 6.04. The minimum Gasteiger partial charge on any atom is -0.387 e. The molecule has 3 heterocycles. The number of aliphatic hydroxyl groups is 1. The van der Waals surface area contributed by atoms with Gasteiger partial charge in [-0.3, -0.25) is 4.79 Å². The molecule has 0 radical (unpaired) electrons. The lowest BCUT2D eigenvalue weighted by Crippen LogP contribution is -2.40. The van der Waals surface area contributed by atoms with E-state index in [2.05, 4.69) is 29.2 Å². The lowest BCUT2D eigenvalue weighted by Gasteiger charge is -2.34. The van der Waals surface area contributed by atoms with E-state index in [1.54, 1.807) is 11.3 Å². The topological polar surface area (TPSA) is 43.8 Å². The summed E-state index contributed by atoms with van der Waals surface area (Å²) in [5, 5.41) is 12.5. The summed E-state index contributed by atoms with van der Waals surface area (Å²) in [7, 11) is 0. The number of carbonyl (C=O) groups excluding carboxylic acids is 1. The van der Waals surface area contributed by atoms with Crippen LogP contribution in [0.2, 0.25) is 0 Å². The first-order valence-electron chi connectivity index (χ1n) is 9.99. The number of rotatable bonds is 5. The minimum absolute atomic E-state index is 0.269. The van der Waals surface area contributed by atoms with Crippen LogP contribution in [0.1, 0.15) is 41.4 Å². The number of likely N-dealkylation sites (tertiary alicyclic amines) is 1. The number of benzene rings is 1. The first kappa shape index (κ1) is 18.7. The van der Waals surface area contributed by atoms with Crippen molar-refractivity contribution in [1.82, 2.24) is 9.80 Å². The number of fused-ring (bicyclic) bond motifs is 1. The van der Waals surface area contributed by atoms with Crippen molar-refractivity contribution in [2.45, 2.75) is 38.3 Å². The quantitative estimate of drug-likeness (QED) is 0.858. The molecule has 1 aromatic carbocycles. The van der Waals surface area contributed by atoms with Crippen LogP contribution in [0.15, 0.2) is 41.8 Å². The van der Waals surface area contributed by atoms with Gasteiger partial charge in [-0.05, 0) is 60.8 Å². The second-order valence-electron chi connectivity index (χ2n) is 7.72. The predicted molar refractivity (Wildman–Crippen MR) is 109 cm³/mol. The van der Waals surface area contributed by atoms with Gasteiger partial charge in [-0.15, -0.1) is 11.3 Å². The Hall–Kier alpha value is -1.69. The smallest absolute Gasteiger partial charge is 0.224 e. The van der Waals surface area contributed by atoms with E-state index in [-0.39, 0.29) is 12.0 Å². The Bertz CT molecular complexity index is 753. The van der Waals surface area contributed by atoms with Crippen molar-refractivity contribution in [3.63, 3.8) is 0 Å². The van der Waals surface area contributed by atoms with Crippen molar-refractivity contribution < 1.29 is 9.90 Å². The molecule has 1 N–H and O–H groups in total. The Morgan fingerprint density at radius 3 is 2.63 bits per heavy atom. The summed E-state index contributed by atoms with van der Waals surface area (Å²) in [6, 6.07) is 12.5. The summed E-state index contributed by atoms with van der Waals surface area (Å²) in [5.74, 6) is 0.611. The average molecular weight is 385 g/mol. The van der Waals surface area contributed by atoms with Crippen LogP contribution in [0.5, 0.6) is 0 Å². The summed E-state index contributed by atoms with van der Waals surface area (Å²) in [6.07, 6.45) is 3.24. The number of piperidine rings is 1. The highest BCUT2D eigenvalue weighted by Gasteiger charge is 2.27. The third-order valence-corrected chi connectivity index (χ3v) is 6.98. The van der Waals surface area contributed by atoms with Crippen molar-refractivity contribution in [1.29, 1.82) is 0 Å². The molecule has 27 heavy (non-hydrogen) atoms. The summed E-state index contributed by atoms with van der Waals surface area (Å²) in [5.41, 5.74) is 2.67. The third kappa shape index (κ3) is 4.42. The maximum atomic E-state index is 12.6. The van der Waals surface area contributed by atoms with Gasteiger partial charge in [0, 0.05) is 30.9 Å². The van der Waals surface area contributed by atoms with E-state index in [4.69, 9.17) is 0 Å². The molecule has 2 aromatic rings. The van der Waals surface area contributed by atoms with Gasteiger partial charge in [0.1, 0.15) is 0 Å². The number of carbonyl (C=O) groups is 1. The molecule has 0 bridgehead atoms. The van der Waals surface area contributed by atoms with Gasteiger partial charge in [-0.25, -0.2) is 0 Å². The molecule has 1 atom stereocenters. The fourth-order valence-electron chi connectivity index (χ4n) is 4.30. The molecule has 2 aliphatic heterocycles. The predicted octanol–water partition coefficient (Wildman–Crippen LogP) is 3.47. The molecule has 1 aromatic heterocycles. The Labute approximate surface area is 165 Å². The number of aliphatic hydroxyl groups excluding tert-OH is 1. The van der Waals surface area contributed by atoms with Crippen molar-refractivity contribution in [3.05, 3.63) is 57.8 Å². The molecule has 4 nitrogen and oxygen atoms in total. The Balaban J connectivity index is 1.22. The molecule has 144 valence electrons. The largest absolute Gasteiger partial charge is 0.387 e. The number of thiophene rings is 1. The zero-order chi connectivity index (χ0) is 18.6. The Morgan fingerprint density at radius 1 is 1.11 bits per heavy atom. The van der Waals surface area contributed by atoms with Gasteiger partial charge < -0.3 is 14.9 Å². The highest BCUT2D eigenvalue weighted by atomic mass is 32.1. The molecule has 1 amide bonds. The number of hydrogen-bond acceptors (Lipinski definition) is 4. The summed E-state index contributed by atoms with van der Waals surface area (Å²) in [6.45, 7) is 4.38. The van der Waals surface area contributed by atoms with Crippen LogP contribution in [0.25, 0.3) is 0 Å². The molecular weight excluding hydrogens is 356 g/mol. The van der Waals surface area contributed by atoms with E-state index < -0.39 is 0 Å². The first-order valence-corrected chi connectivity index (χ1v) is 10.9. The van der Waals surface area contributed by atoms with Crippen molar-refractivity contribution in [2.75, 3.05) is 26.2 Å². The molecular formula is C22H28N2O2S. The summed E-state index contributed by atoms with van der Waals surface area (Å²) in [4.78, 5) is 18.1. The van der Waals surface area contributed by atoms with Gasteiger partial charge >= 0.3 is 0 Å². The van der Waals surface area contributed by atoms with Gasteiger partial charge in [-0.2, -0.15) is 0 Å². The standard InChI is InChI=1S/C22H28N2O2S/c25-21(24-14-9-17-4-1-2-5-19(17)16-24)10-13-23-11-7-18(8-12-23)22(26)20-6-3-15-27-20/h1-6,15,18,22,26H,7-14,16H2/t22-/m0/s1. The number of nitrogens with zero attached hydrogens (tertiary/aromatic N) is 2. The van der Waals surface area contributed by atoms with Crippen LogP contribution in [-0.2, 0) is 17.8 Å². The monoisotopic (exact) mass is 384 g/mol. The lowest BCUT2D eigenvalue weighted by molar-refractivity contribution is -0.132. The van der Waals surface area contributed by atoms with Crippen LogP contribution < -0.4 is 0 Å². The van der Waals surface area contributed by atoms with E-state index in [0.29, 0.717) is 12.3 Å². The molecule has 2 aliphatic rings. The van der Waals surface area contributed by atoms with E-state index >= 15 is 0 Å². The molecule has 0 spiro atoms. The second-order valence-corrected chi connectivity index (χ2v) is 8.70. The Kier molecular flexibility index (Phi) is 5.91. The second kappa shape index (κ2) is 8.55. The number of amides is 1. The summed E-state index contributed by atoms with van der Waals surface area (Å²) < 4.78 is 0. The molecule has 5 heteroatoms. The summed E-state index contributed by atoms with van der Waals surface area (Å²) >= 11 is 1.64. The van der Waals surface area contributed by atoms with Crippen molar-refractivity contribution >= 4 is 17.2 Å². The van der Waals surface area contributed by atoms with Crippen LogP contribution in [0.4, 0.5) is 0 Å². The maximum absolute atomic E-state index is 12.6. The molecule has 0 unspecified atom stereocenters. The minimum atomic E-state index is -0.331. The van der Waals surface area contributed by atoms with E-state index in [1.807, 2.05) is 22.4 Å². The van der Waals surface area contributed by atoms with Gasteiger partial charge in [-0.1, -0.05) is 30.3 Å². The van der Waals surface area contributed by atoms with E-state index in [9.17, 15) is 9.90 Å². The van der Waals surface area contributed by atoms with E-state index in [1.165, 1.54) is 11.1 Å². The zero-order valence-electron chi connectivity index (χ0n) is 15.7. The van der Waals surface area contributed by atoms with Crippen LogP contribution in [0, 0.1) is 5.92 Å². The highest BCUT2D eigenvalue weighted by Crippen LogP contribution is 2.33. The van der Waals surface area contributed by atoms with Gasteiger partial charge in [0.2, 0.25) is 5.91 Å². The van der Waals surface area contributed by atoms with Crippen LogP contribution >= 0.6 is 11.3 Å². The lowest BCUT2D eigenvalue weighted by atomic mass is 9.90. The SMILES string of the molecule is O=C(CCN1CCC([C@H](O)c2cccs2)CC1)N1CCc2ccccc2C1. The fraction of sp³-hybridized carbons (Fsp3) is 0.500. The average Bonchev–Trinajstić information content (AvgIpc) is 3.26. The fourth-order valence-corrected chi connectivity index (χ4v) is 5.11. The molecule has 1 saturated heterocycles. The number of hydrogen-bond donors (Lipinski definition) is 1. The maximum Gasteiger partial charge on any atom is 0.224 e. The zero-order valence-corrected chi connectivity index (χ0v) is 16.5. The molecule has 0 aliphatic carbocycles. The van der Waals surface area contributed by atoms with Crippen molar-refractivity contribution in [3.8, 4) is 0 Å². The van der Waals surface area contributed by atoms with Crippen LogP contribution in [-0.4, -0.2) is 47.0 Å².